The molecule has 0 aliphatic heterocycles. The second-order valence-electron chi connectivity index (χ2n) is 3.35. The third-order valence-electron chi connectivity index (χ3n) is 2.01. The molecule has 0 aliphatic carbocycles. The summed E-state index contributed by atoms with van der Waals surface area (Å²) in [5.74, 6) is 0.845. The number of hydrogen-bond donors (Lipinski definition) is 1. The van der Waals surface area contributed by atoms with Crippen molar-refractivity contribution in [1.29, 1.82) is 0 Å². The van der Waals surface area contributed by atoms with Crippen LogP contribution < -0.4 is 5.32 Å². The zero-order valence-corrected chi connectivity index (χ0v) is 10.7. The molecule has 0 radical (unpaired) electrons. The minimum absolute atomic E-state index is 0.845. The van der Waals surface area contributed by atoms with E-state index in [9.17, 15) is 0 Å². The maximum atomic E-state index is 4.29. The number of nitrogens with zero attached hydrogens (tertiary/aromatic N) is 3. The standard InChI is InChI=1S/C10H11IN4/c1-7-4-12-10(3-9(7)11)14-8-5-13-15(2)6-8/h3-6H,1-2H3,(H,12,14). The van der Waals surface area contributed by atoms with Gasteiger partial charge in [-0.3, -0.25) is 4.68 Å². The van der Waals surface area contributed by atoms with Crippen molar-refractivity contribution < 1.29 is 0 Å². The summed E-state index contributed by atoms with van der Waals surface area (Å²) < 4.78 is 2.95. The molecule has 0 amide bonds. The summed E-state index contributed by atoms with van der Waals surface area (Å²) in [5.41, 5.74) is 2.14. The highest BCUT2D eigenvalue weighted by Gasteiger charge is 2.00. The van der Waals surface area contributed by atoms with Crippen LogP contribution in [0.3, 0.4) is 0 Å². The number of halogens is 1. The van der Waals surface area contributed by atoms with E-state index in [0.717, 1.165) is 11.5 Å². The lowest BCUT2D eigenvalue weighted by molar-refractivity contribution is 0.768. The lowest BCUT2D eigenvalue weighted by atomic mass is 10.3. The highest BCUT2D eigenvalue weighted by molar-refractivity contribution is 14.1. The quantitative estimate of drug-likeness (QED) is 0.866. The summed E-state index contributed by atoms with van der Waals surface area (Å²) in [5, 5.41) is 7.27. The lowest BCUT2D eigenvalue weighted by Gasteiger charge is -2.04. The minimum Gasteiger partial charge on any atom is -0.338 e. The molecule has 2 rings (SSSR count). The molecule has 0 saturated carbocycles. The number of rotatable bonds is 2. The third-order valence-corrected chi connectivity index (χ3v) is 3.18. The van der Waals surface area contributed by atoms with E-state index in [1.54, 1.807) is 10.9 Å². The first-order valence-corrected chi connectivity index (χ1v) is 5.61. The van der Waals surface area contributed by atoms with Gasteiger partial charge in [0.1, 0.15) is 5.82 Å². The van der Waals surface area contributed by atoms with Gasteiger partial charge in [0.05, 0.1) is 11.9 Å². The van der Waals surface area contributed by atoms with Crippen LogP contribution in [0.1, 0.15) is 5.56 Å². The maximum absolute atomic E-state index is 4.29. The van der Waals surface area contributed by atoms with E-state index in [-0.39, 0.29) is 0 Å². The van der Waals surface area contributed by atoms with Crippen molar-refractivity contribution >= 4 is 34.1 Å². The van der Waals surface area contributed by atoms with Gasteiger partial charge < -0.3 is 5.32 Å². The number of aromatic nitrogens is 3. The van der Waals surface area contributed by atoms with Gasteiger partial charge >= 0.3 is 0 Å². The summed E-state index contributed by atoms with van der Waals surface area (Å²) in [6.07, 6.45) is 5.54. The predicted molar refractivity (Wildman–Crippen MR) is 68.2 cm³/mol. The van der Waals surface area contributed by atoms with E-state index in [0.29, 0.717) is 0 Å². The van der Waals surface area contributed by atoms with E-state index in [1.807, 2.05) is 32.4 Å². The summed E-state index contributed by atoms with van der Waals surface area (Å²) in [6, 6.07) is 2.02. The molecule has 5 heteroatoms. The van der Waals surface area contributed by atoms with E-state index in [4.69, 9.17) is 0 Å². The number of pyridine rings is 1. The molecule has 15 heavy (non-hydrogen) atoms. The fourth-order valence-electron chi connectivity index (χ4n) is 1.20. The van der Waals surface area contributed by atoms with Crippen molar-refractivity contribution in [3.63, 3.8) is 0 Å². The average Bonchev–Trinajstić information content (AvgIpc) is 2.58. The third kappa shape index (κ3) is 2.47. The van der Waals surface area contributed by atoms with Gasteiger partial charge in [0.2, 0.25) is 0 Å². The van der Waals surface area contributed by atoms with Gasteiger partial charge in [0, 0.05) is 23.0 Å². The summed E-state index contributed by atoms with van der Waals surface area (Å²) >= 11 is 2.30. The van der Waals surface area contributed by atoms with Crippen molar-refractivity contribution in [3.05, 3.63) is 33.8 Å². The van der Waals surface area contributed by atoms with Crippen LogP contribution in [-0.2, 0) is 7.05 Å². The molecule has 0 bridgehead atoms. The van der Waals surface area contributed by atoms with Gasteiger partial charge in [0.25, 0.3) is 0 Å². The lowest BCUT2D eigenvalue weighted by Crippen LogP contribution is -1.94. The monoisotopic (exact) mass is 314 g/mol. The molecular formula is C10H11IN4. The highest BCUT2D eigenvalue weighted by atomic mass is 127. The molecule has 4 nitrogen and oxygen atoms in total. The Morgan fingerprint density at radius 3 is 2.80 bits per heavy atom. The first kappa shape index (κ1) is 10.4. The molecule has 0 spiro atoms. The van der Waals surface area contributed by atoms with Gasteiger partial charge in [-0.25, -0.2) is 4.98 Å². The normalized spacial score (nSPS) is 10.3. The van der Waals surface area contributed by atoms with Crippen molar-refractivity contribution in [1.82, 2.24) is 14.8 Å². The van der Waals surface area contributed by atoms with Crippen LogP contribution in [0.2, 0.25) is 0 Å². The van der Waals surface area contributed by atoms with Crippen LogP contribution in [-0.4, -0.2) is 14.8 Å². The SMILES string of the molecule is Cc1cnc(Nc2cnn(C)c2)cc1I. The summed E-state index contributed by atoms with van der Waals surface area (Å²) in [4.78, 5) is 4.29. The molecule has 0 unspecified atom stereocenters. The molecule has 78 valence electrons. The van der Waals surface area contributed by atoms with Crippen molar-refractivity contribution in [2.24, 2.45) is 7.05 Å². The van der Waals surface area contributed by atoms with Gasteiger partial charge in [0.15, 0.2) is 0 Å². The Labute approximate surface area is 102 Å². The molecule has 0 aromatic carbocycles. The zero-order chi connectivity index (χ0) is 10.8. The van der Waals surface area contributed by atoms with Crippen molar-refractivity contribution in [2.45, 2.75) is 6.92 Å². The van der Waals surface area contributed by atoms with Crippen LogP contribution in [0.25, 0.3) is 0 Å². The molecule has 1 N–H and O–H groups in total. The predicted octanol–water partition coefficient (Wildman–Crippen LogP) is 2.47. The average molecular weight is 314 g/mol. The van der Waals surface area contributed by atoms with Crippen LogP contribution in [0.5, 0.6) is 0 Å². The fraction of sp³-hybridized carbons (Fsp3) is 0.200. The minimum atomic E-state index is 0.845. The van der Waals surface area contributed by atoms with Gasteiger partial charge in [-0.1, -0.05) is 0 Å². The Bertz CT molecular complexity index is 478. The number of anilines is 2. The molecule has 2 aromatic heterocycles. The molecule has 2 heterocycles. The Kier molecular flexibility index (Phi) is 2.90. The van der Waals surface area contributed by atoms with Crippen molar-refractivity contribution in [2.75, 3.05) is 5.32 Å². The zero-order valence-electron chi connectivity index (χ0n) is 8.53. The molecule has 0 saturated heterocycles. The molecule has 0 atom stereocenters. The van der Waals surface area contributed by atoms with E-state index in [2.05, 4.69) is 38.0 Å². The molecule has 2 aromatic rings. The Balaban J connectivity index is 2.21. The van der Waals surface area contributed by atoms with Gasteiger partial charge in [-0.15, -0.1) is 0 Å². The fourth-order valence-corrected chi connectivity index (χ4v) is 1.64. The van der Waals surface area contributed by atoms with E-state index in [1.165, 1.54) is 9.13 Å². The first-order chi connectivity index (χ1) is 7.15. The second-order valence-corrected chi connectivity index (χ2v) is 4.51. The summed E-state index contributed by atoms with van der Waals surface area (Å²) in [7, 11) is 1.89. The Morgan fingerprint density at radius 1 is 1.40 bits per heavy atom. The van der Waals surface area contributed by atoms with Crippen LogP contribution in [0.15, 0.2) is 24.7 Å². The maximum Gasteiger partial charge on any atom is 0.131 e. The summed E-state index contributed by atoms with van der Waals surface area (Å²) in [6.45, 7) is 2.04. The smallest absolute Gasteiger partial charge is 0.131 e. The number of hydrogen-bond acceptors (Lipinski definition) is 3. The Hall–Kier alpha value is -1.11. The van der Waals surface area contributed by atoms with Crippen LogP contribution >= 0.6 is 22.6 Å². The van der Waals surface area contributed by atoms with Crippen molar-refractivity contribution in [3.8, 4) is 0 Å². The van der Waals surface area contributed by atoms with Gasteiger partial charge in [-0.2, -0.15) is 5.10 Å². The van der Waals surface area contributed by atoms with E-state index >= 15 is 0 Å². The Morgan fingerprint density at radius 2 is 2.20 bits per heavy atom. The molecule has 0 aliphatic rings. The molecular weight excluding hydrogens is 303 g/mol. The molecule has 0 fully saturated rings. The number of aryl methyl sites for hydroxylation is 2. The topological polar surface area (TPSA) is 42.7 Å². The van der Waals surface area contributed by atoms with Gasteiger partial charge in [-0.05, 0) is 41.1 Å². The second kappa shape index (κ2) is 4.18. The van der Waals surface area contributed by atoms with Crippen LogP contribution in [0.4, 0.5) is 11.5 Å². The van der Waals surface area contributed by atoms with E-state index < -0.39 is 0 Å². The first-order valence-electron chi connectivity index (χ1n) is 4.53. The number of nitrogens with one attached hydrogen (secondary N) is 1. The largest absolute Gasteiger partial charge is 0.338 e. The van der Waals surface area contributed by atoms with Crippen LogP contribution in [0, 0.1) is 10.5 Å². The highest BCUT2D eigenvalue weighted by Crippen LogP contribution is 2.17.